The van der Waals surface area contributed by atoms with Crippen LogP contribution in [0.4, 0.5) is 5.69 Å². The maximum absolute atomic E-state index is 12.5. The molecule has 1 unspecified atom stereocenters. The molecule has 1 heterocycles. The first-order valence-electron chi connectivity index (χ1n) is 6.80. The molecule has 2 rings (SSSR count). The molecule has 0 radical (unpaired) electrons. The van der Waals surface area contributed by atoms with Gasteiger partial charge in [-0.25, -0.2) is 0 Å². The second-order valence-corrected chi connectivity index (χ2v) is 6.09. The largest absolute Gasteiger partial charge is 0.354 e. The summed E-state index contributed by atoms with van der Waals surface area (Å²) in [5.41, 5.74) is -0.219. The van der Waals surface area contributed by atoms with Gasteiger partial charge in [0, 0.05) is 11.2 Å². The summed E-state index contributed by atoms with van der Waals surface area (Å²) in [7, 11) is 0. The van der Waals surface area contributed by atoms with E-state index in [1.807, 2.05) is 39.8 Å². The Kier molecular flexibility index (Phi) is 3.46. The van der Waals surface area contributed by atoms with Gasteiger partial charge in [-0.15, -0.1) is 0 Å². The quantitative estimate of drug-likeness (QED) is 0.771. The molecule has 1 aliphatic heterocycles. The maximum Gasteiger partial charge on any atom is 0.266 e. The Balaban J connectivity index is 2.35. The van der Waals surface area contributed by atoms with E-state index >= 15 is 0 Å². The fourth-order valence-corrected chi connectivity index (χ4v) is 2.21. The van der Waals surface area contributed by atoms with E-state index in [0.29, 0.717) is 17.7 Å². The minimum atomic E-state index is -1.10. The summed E-state index contributed by atoms with van der Waals surface area (Å²) in [4.78, 5) is 24.7. The van der Waals surface area contributed by atoms with Crippen molar-refractivity contribution >= 4 is 17.5 Å². The van der Waals surface area contributed by atoms with Crippen molar-refractivity contribution in [2.75, 3.05) is 5.32 Å². The summed E-state index contributed by atoms with van der Waals surface area (Å²) >= 11 is 0. The second-order valence-electron chi connectivity index (χ2n) is 6.09. The van der Waals surface area contributed by atoms with E-state index in [4.69, 9.17) is 0 Å². The third-order valence-electron chi connectivity index (χ3n) is 3.25. The van der Waals surface area contributed by atoms with Gasteiger partial charge < -0.3 is 16.0 Å². The highest BCUT2D eigenvalue weighted by atomic mass is 16.2. The van der Waals surface area contributed by atoms with Crippen molar-refractivity contribution < 1.29 is 9.59 Å². The number of rotatable bonds is 2. The molecule has 0 aromatic heterocycles. The first-order valence-corrected chi connectivity index (χ1v) is 6.80. The summed E-state index contributed by atoms with van der Waals surface area (Å²) in [6, 6.07) is 7.18. The van der Waals surface area contributed by atoms with Gasteiger partial charge in [-0.3, -0.25) is 9.59 Å². The molecule has 0 bridgehead atoms. The van der Waals surface area contributed by atoms with Crippen molar-refractivity contribution in [1.82, 2.24) is 10.6 Å². The van der Waals surface area contributed by atoms with Gasteiger partial charge in [-0.2, -0.15) is 0 Å². The topological polar surface area (TPSA) is 70.2 Å². The van der Waals surface area contributed by atoms with Crippen molar-refractivity contribution in [2.45, 2.75) is 45.3 Å². The number of nitrogens with one attached hydrogen (secondary N) is 3. The zero-order valence-electron chi connectivity index (χ0n) is 12.3. The zero-order chi connectivity index (χ0) is 15.0. The predicted octanol–water partition coefficient (Wildman–Crippen LogP) is 1.86. The third kappa shape index (κ3) is 2.61. The summed E-state index contributed by atoms with van der Waals surface area (Å²) in [6.45, 7) is 7.59. The Morgan fingerprint density at radius 3 is 2.50 bits per heavy atom. The normalized spacial score (nSPS) is 21.5. The number of fused-ring (bicyclic) bond motifs is 1. The van der Waals surface area contributed by atoms with Crippen molar-refractivity contribution in [2.24, 2.45) is 0 Å². The zero-order valence-corrected chi connectivity index (χ0v) is 12.3. The molecule has 0 spiro atoms. The number of carbonyl (C=O) groups excluding carboxylic acids is 2. The van der Waals surface area contributed by atoms with E-state index < -0.39 is 5.66 Å². The van der Waals surface area contributed by atoms with Gasteiger partial charge in [0.25, 0.3) is 11.8 Å². The number of para-hydroxylation sites is 1. The molecule has 108 valence electrons. The van der Waals surface area contributed by atoms with Crippen molar-refractivity contribution in [3.05, 3.63) is 29.8 Å². The number of hydrogen-bond donors (Lipinski definition) is 3. The van der Waals surface area contributed by atoms with Crippen LogP contribution in [0.25, 0.3) is 0 Å². The van der Waals surface area contributed by atoms with Crippen LogP contribution in [0.5, 0.6) is 0 Å². The van der Waals surface area contributed by atoms with E-state index in [-0.39, 0.29) is 17.4 Å². The molecule has 5 nitrogen and oxygen atoms in total. The predicted molar refractivity (Wildman–Crippen MR) is 78.4 cm³/mol. The Hall–Kier alpha value is -2.04. The van der Waals surface area contributed by atoms with E-state index in [2.05, 4.69) is 16.0 Å². The molecule has 2 amide bonds. The minimum absolute atomic E-state index is 0.227. The fourth-order valence-electron chi connectivity index (χ4n) is 2.21. The number of amides is 2. The average molecular weight is 275 g/mol. The molecule has 20 heavy (non-hydrogen) atoms. The molecule has 1 aromatic rings. The van der Waals surface area contributed by atoms with Crippen LogP contribution in [0.2, 0.25) is 0 Å². The lowest BCUT2D eigenvalue weighted by molar-refractivity contribution is -0.128. The van der Waals surface area contributed by atoms with Crippen LogP contribution in [0.3, 0.4) is 0 Å². The van der Waals surface area contributed by atoms with Gasteiger partial charge in [0.05, 0.1) is 5.56 Å². The van der Waals surface area contributed by atoms with Crippen LogP contribution in [0.1, 0.15) is 44.5 Å². The van der Waals surface area contributed by atoms with Crippen LogP contribution >= 0.6 is 0 Å². The number of anilines is 1. The maximum atomic E-state index is 12.5. The number of hydrogen-bond acceptors (Lipinski definition) is 3. The highest BCUT2D eigenvalue weighted by Gasteiger charge is 2.43. The number of carbonyl (C=O) groups is 2. The summed E-state index contributed by atoms with van der Waals surface area (Å²) in [5.74, 6) is -0.458. The van der Waals surface area contributed by atoms with Gasteiger partial charge >= 0.3 is 0 Å². The average Bonchev–Trinajstić information content (AvgIpc) is 2.36. The monoisotopic (exact) mass is 275 g/mol. The van der Waals surface area contributed by atoms with Crippen molar-refractivity contribution in [3.63, 3.8) is 0 Å². The molecule has 1 aromatic carbocycles. The first-order chi connectivity index (χ1) is 9.27. The first kappa shape index (κ1) is 14.4. The summed E-state index contributed by atoms with van der Waals surface area (Å²) in [5, 5.41) is 8.88. The SMILES string of the molecule is CCC1(C(=O)NC(C)(C)C)NC(=O)c2ccccc2N1. The molecule has 0 fully saturated rings. The molecule has 0 aliphatic carbocycles. The molecule has 5 heteroatoms. The Bertz CT molecular complexity index is 548. The molecule has 0 saturated carbocycles. The van der Waals surface area contributed by atoms with Crippen LogP contribution in [-0.2, 0) is 4.79 Å². The minimum Gasteiger partial charge on any atom is -0.354 e. The van der Waals surface area contributed by atoms with Gasteiger partial charge in [-0.05, 0) is 39.3 Å². The lowest BCUT2D eigenvalue weighted by atomic mass is 9.97. The Morgan fingerprint density at radius 1 is 1.25 bits per heavy atom. The van der Waals surface area contributed by atoms with Crippen LogP contribution < -0.4 is 16.0 Å². The number of benzene rings is 1. The fraction of sp³-hybridized carbons (Fsp3) is 0.467. The molecule has 1 aliphatic rings. The Labute approximate surface area is 119 Å². The van der Waals surface area contributed by atoms with E-state index in [0.717, 1.165) is 0 Å². The molecule has 3 N–H and O–H groups in total. The van der Waals surface area contributed by atoms with Gasteiger partial charge in [0.1, 0.15) is 0 Å². The molecular weight excluding hydrogens is 254 g/mol. The summed E-state index contributed by atoms with van der Waals surface area (Å²) in [6.07, 6.45) is 0.453. The Morgan fingerprint density at radius 2 is 1.90 bits per heavy atom. The van der Waals surface area contributed by atoms with E-state index in [9.17, 15) is 9.59 Å². The second kappa shape index (κ2) is 4.81. The molecule has 1 atom stereocenters. The smallest absolute Gasteiger partial charge is 0.266 e. The lowest BCUT2D eigenvalue weighted by Gasteiger charge is -2.40. The van der Waals surface area contributed by atoms with Crippen LogP contribution in [-0.4, -0.2) is 23.0 Å². The third-order valence-corrected chi connectivity index (χ3v) is 3.25. The molecule has 0 saturated heterocycles. The molecular formula is C15H21N3O2. The van der Waals surface area contributed by atoms with Gasteiger partial charge in [0.2, 0.25) is 0 Å². The van der Waals surface area contributed by atoms with Crippen molar-refractivity contribution in [3.8, 4) is 0 Å². The highest BCUT2D eigenvalue weighted by molar-refractivity contribution is 6.07. The van der Waals surface area contributed by atoms with E-state index in [1.165, 1.54) is 0 Å². The van der Waals surface area contributed by atoms with Crippen LogP contribution in [0.15, 0.2) is 24.3 Å². The van der Waals surface area contributed by atoms with Gasteiger partial charge in [-0.1, -0.05) is 19.1 Å². The standard InChI is InChI=1S/C15H21N3O2/c1-5-15(13(20)18-14(2,3)4)16-11-9-7-6-8-10(11)12(19)17-15/h6-9,16H,5H2,1-4H3,(H,17,19)(H,18,20). The van der Waals surface area contributed by atoms with Crippen LogP contribution in [0, 0.1) is 0 Å². The van der Waals surface area contributed by atoms with Crippen molar-refractivity contribution in [1.29, 1.82) is 0 Å². The van der Waals surface area contributed by atoms with E-state index in [1.54, 1.807) is 12.1 Å². The highest BCUT2D eigenvalue weighted by Crippen LogP contribution is 2.26. The lowest BCUT2D eigenvalue weighted by Crippen LogP contribution is -2.67. The summed E-state index contributed by atoms with van der Waals surface area (Å²) < 4.78 is 0. The van der Waals surface area contributed by atoms with Gasteiger partial charge in [0.15, 0.2) is 5.66 Å².